The van der Waals surface area contributed by atoms with Crippen LogP contribution >= 0.6 is 0 Å². The second kappa shape index (κ2) is 11.0. The van der Waals surface area contributed by atoms with E-state index >= 15 is 0 Å². The maximum Gasteiger partial charge on any atom is 0.101 e. The van der Waals surface area contributed by atoms with E-state index in [0.29, 0.717) is 23.1 Å². The predicted molar refractivity (Wildman–Crippen MR) is 121 cm³/mol. The Morgan fingerprint density at radius 1 is 0.867 bits per heavy atom. The number of ether oxygens (including phenoxy) is 1. The first-order valence-corrected chi connectivity index (χ1v) is 11.4. The summed E-state index contributed by atoms with van der Waals surface area (Å²) < 4.78 is 5.91. The van der Waals surface area contributed by atoms with Gasteiger partial charge in [0.1, 0.15) is 12.1 Å². The Labute approximate surface area is 181 Å². The summed E-state index contributed by atoms with van der Waals surface area (Å²) in [5.41, 5.74) is 5.29. The summed E-state index contributed by atoms with van der Waals surface area (Å²) in [6, 6.07) is 17.3. The molecule has 1 saturated carbocycles. The third kappa shape index (κ3) is 5.10. The molecule has 0 atom stereocenters. The molecule has 0 bridgehead atoms. The molecule has 0 aliphatic heterocycles. The zero-order chi connectivity index (χ0) is 21.3. The minimum Gasteiger partial charge on any atom is -0.378 e. The van der Waals surface area contributed by atoms with E-state index < -0.39 is 0 Å². The molecule has 2 aromatic carbocycles. The molecule has 0 spiro atoms. The quantitative estimate of drug-likeness (QED) is 0.484. The lowest BCUT2D eigenvalue weighted by atomic mass is 9.79. The molecule has 0 saturated heterocycles. The zero-order valence-electron chi connectivity index (χ0n) is 18.3. The van der Waals surface area contributed by atoms with Crippen LogP contribution in [-0.2, 0) is 11.2 Å². The second-order valence-electron chi connectivity index (χ2n) is 8.32. The van der Waals surface area contributed by atoms with Gasteiger partial charge in [-0.3, -0.25) is 0 Å². The van der Waals surface area contributed by atoms with Gasteiger partial charge in [-0.25, -0.2) is 0 Å². The highest BCUT2D eigenvalue weighted by Crippen LogP contribution is 2.38. The lowest BCUT2D eigenvalue weighted by Crippen LogP contribution is -2.21. The molecule has 3 heteroatoms. The molecule has 1 aliphatic carbocycles. The van der Waals surface area contributed by atoms with Gasteiger partial charge in [0, 0.05) is 12.2 Å². The Bertz CT molecular complexity index is 910. The van der Waals surface area contributed by atoms with Crippen LogP contribution < -0.4 is 0 Å². The highest BCUT2D eigenvalue weighted by molar-refractivity contribution is 5.75. The SMILES string of the molecule is CCCCc1ccc(-c2ccc([C@H]3CC[C@H](OCCC)CC3)c(C#N)c2C#N)cc1. The average Bonchev–Trinajstić information content (AvgIpc) is 2.81. The van der Waals surface area contributed by atoms with Gasteiger partial charge in [0.15, 0.2) is 0 Å². The van der Waals surface area contributed by atoms with E-state index in [1.165, 1.54) is 18.4 Å². The summed E-state index contributed by atoms with van der Waals surface area (Å²) in [5.74, 6) is 0.332. The molecule has 0 unspecified atom stereocenters. The molecule has 0 amide bonds. The van der Waals surface area contributed by atoms with E-state index in [1.807, 2.05) is 6.07 Å². The summed E-state index contributed by atoms with van der Waals surface area (Å²) in [6.45, 7) is 5.15. The Hall–Kier alpha value is -2.62. The number of nitriles is 2. The number of hydrogen-bond acceptors (Lipinski definition) is 3. The monoisotopic (exact) mass is 400 g/mol. The topological polar surface area (TPSA) is 56.8 Å². The van der Waals surface area contributed by atoms with Crippen molar-refractivity contribution < 1.29 is 4.74 Å². The van der Waals surface area contributed by atoms with Gasteiger partial charge in [-0.1, -0.05) is 56.7 Å². The number of unbranched alkanes of at least 4 members (excludes halogenated alkanes) is 1. The first-order chi connectivity index (χ1) is 14.7. The van der Waals surface area contributed by atoms with E-state index in [0.717, 1.165) is 61.8 Å². The van der Waals surface area contributed by atoms with E-state index in [-0.39, 0.29) is 0 Å². The lowest BCUT2D eigenvalue weighted by Gasteiger charge is -2.29. The van der Waals surface area contributed by atoms with Crippen LogP contribution in [0.15, 0.2) is 36.4 Å². The summed E-state index contributed by atoms with van der Waals surface area (Å²) in [4.78, 5) is 0. The van der Waals surface area contributed by atoms with Crippen LogP contribution in [0.25, 0.3) is 11.1 Å². The second-order valence-corrected chi connectivity index (χ2v) is 8.32. The Morgan fingerprint density at radius 3 is 2.17 bits per heavy atom. The van der Waals surface area contributed by atoms with Crippen LogP contribution in [0.5, 0.6) is 0 Å². The molecule has 3 nitrogen and oxygen atoms in total. The summed E-state index contributed by atoms with van der Waals surface area (Å²) in [5, 5.41) is 19.8. The third-order valence-corrected chi connectivity index (χ3v) is 6.22. The smallest absolute Gasteiger partial charge is 0.101 e. The van der Waals surface area contributed by atoms with Gasteiger partial charge in [-0.2, -0.15) is 10.5 Å². The summed E-state index contributed by atoms with van der Waals surface area (Å²) in [7, 11) is 0. The molecule has 0 aromatic heterocycles. The molecule has 0 heterocycles. The van der Waals surface area contributed by atoms with Crippen LogP contribution in [0, 0.1) is 22.7 Å². The van der Waals surface area contributed by atoms with Crippen LogP contribution in [0.1, 0.15) is 87.0 Å². The number of nitrogens with zero attached hydrogens (tertiary/aromatic N) is 2. The molecule has 1 aliphatic rings. The number of rotatable bonds is 8. The van der Waals surface area contributed by atoms with Crippen molar-refractivity contribution in [1.82, 2.24) is 0 Å². The van der Waals surface area contributed by atoms with Crippen molar-refractivity contribution in [2.75, 3.05) is 6.61 Å². The molecular weight excluding hydrogens is 368 g/mol. The van der Waals surface area contributed by atoms with Gasteiger partial charge < -0.3 is 4.74 Å². The van der Waals surface area contributed by atoms with Gasteiger partial charge in [-0.05, 0) is 67.6 Å². The molecular formula is C27H32N2O. The van der Waals surface area contributed by atoms with Crippen molar-refractivity contribution in [3.05, 3.63) is 58.7 Å². The first kappa shape index (κ1) is 22.1. The normalized spacial score (nSPS) is 18.5. The van der Waals surface area contributed by atoms with Crippen LogP contribution in [0.2, 0.25) is 0 Å². The first-order valence-electron chi connectivity index (χ1n) is 11.4. The van der Waals surface area contributed by atoms with Gasteiger partial charge in [0.25, 0.3) is 0 Å². The fraction of sp³-hybridized carbons (Fsp3) is 0.481. The average molecular weight is 401 g/mol. The van der Waals surface area contributed by atoms with E-state index in [9.17, 15) is 10.5 Å². The number of hydrogen-bond donors (Lipinski definition) is 0. The lowest BCUT2D eigenvalue weighted by molar-refractivity contribution is 0.0251. The molecule has 2 aromatic rings. The summed E-state index contributed by atoms with van der Waals surface area (Å²) >= 11 is 0. The third-order valence-electron chi connectivity index (χ3n) is 6.22. The molecule has 30 heavy (non-hydrogen) atoms. The van der Waals surface area contributed by atoms with E-state index in [2.05, 4.69) is 56.3 Å². The highest BCUT2D eigenvalue weighted by atomic mass is 16.5. The minimum absolute atomic E-state index is 0.332. The molecule has 156 valence electrons. The van der Waals surface area contributed by atoms with Crippen molar-refractivity contribution in [3.8, 4) is 23.3 Å². The van der Waals surface area contributed by atoms with Crippen LogP contribution in [0.3, 0.4) is 0 Å². The highest BCUT2D eigenvalue weighted by Gasteiger charge is 2.26. The fourth-order valence-corrected chi connectivity index (χ4v) is 4.49. The largest absolute Gasteiger partial charge is 0.378 e. The van der Waals surface area contributed by atoms with Crippen LogP contribution in [0.4, 0.5) is 0 Å². The fourth-order valence-electron chi connectivity index (χ4n) is 4.49. The van der Waals surface area contributed by atoms with Gasteiger partial charge >= 0.3 is 0 Å². The van der Waals surface area contributed by atoms with Crippen LogP contribution in [-0.4, -0.2) is 12.7 Å². The molecule has 1 fully saturated rings. The van der Waals surface area contributed by atoms with Crippen molar-refractivity contribution in [3.63, 3.8) is 0 Å². The maximum absolute atomic E-state index is 9.92. The number of aryl methyl sites for hydroxylation is 1. The van der Waals surface area contributed by atoms with Gasteiger partial charge in [0.2, 0.25) is 0 Å². The maximum atomic E-state index is 9.92. The molecule has 3 rings (SSSR count). The summed E-state index contributed by atoms with van der Waals surface area (Å²) in [6.07, 6.45) is 8.91. The molecule has 0 radical (unpaired) electrons. The minimum atomic E-state index is 0.332. The standard InChI is InChI=1S/C27H32N2O/c1-3-5-6-20-7-9-21(10-8-20)24-15-16-25(27(19-29)26(24)18-28)22-11-13-23(14-12-22)30-17-4-2/h7-10,15-16,22-23H,3-6,11-14,17H2,1-2H3/t22-,23-. The van der Waals surface area contributed by atoms with E-state index in [1.54, 1.807) is 0 Å². The van der Waals surface area contributed by atoms with E-state index in [4.69, 9.17) is 4.74 Å². The van der Waals surface area contributed by atoms with Gasteiger partial charge in [0.05, 0.1) is 17.2 Å². The Balaban J connectivity index is 1.84. The zero-order valence-corrected chi connectivity index (χ0v) is 18.3. The van der Waals surface area contributed by atoms with Gasteiger partial charge in [-0.15, -0.1) is 0 Å². The predicted octanol–water partition coefficient (Wildman–Crippen LogP) is 6.89. The Morgan fingerprint density at radius 2 is 1.57 bits per heavy atom. The van der Waals surface area contributed by atoms with Crippen molar-refractivity contribution in [2.24, 2.45) is 0 Å². The van der Waals surface area contributed by atoms with Crippen molar-refractivity contribution in [2.45, 2.75) is 77.2 Å². The van der Waals surface area contributed by atoms with Crippen molar-refractivity contribution in [1.29, 1.82) is 10.5 Å². The number of benzene rings is 2. The molecule has 0 N–H and O–H groups in total. The van der Waals surface area contributed by atoms with Crippen molar-refractivity contribution >= 4 is 0 Å². The Kier molecular flexibility index (Phi) is 8.06.